The number of carboxylic acid groups (broad SMARTS) is 1. The molecule has 3 N–H and O–H groups in total. The molecule has 0 spiro atoms. The predicted octanol–water partition coefficient (Wildman–Crippen LogP) is 0.608. The minimum atomic E-state index is -0.988. The van der Waals surface area contributed by atoms with Gasteiger partial charge in [-0.15, -0.1) is 11.3 Å². The Labute approximate surface area is 67.7 Å². The highest BCUT2D eigenvalue weighted by Crippen LogP contribution is 2.16. The molecule has 11 heavy (non-hydrogen) atoms. The van der Waals surface area contributed by atoms with Gasteiger partial charge in [0, 0.05) is 11.4 Å². The lowest BCUT2D eigenvalue weighted by Gasteiger charge is -1.85. The maximum absolute atomic E-state index is 10.5. The molecule has 1 heterocycles. The van der Waals surface area contributed by atoms with Crippen molar-refractivity contribution in [3.63, 3.8) is 0 Å². The fourth-order valence-corrected chi connectivity index (χ4v) is 1.54. The van der Waals surface area contributed by atoms with Crippen LogP contribution in [0.4, 0.5) is 0 Å². The molecule has 0 aliphatic heterocycles. The Bertz CT molecular complexity index is 282. The summed E-state index contributed by atoms with van der Waals surface area (Å²) in [6.07, 6.45) is 0. The van der Waals surface area contributed by atoms with Crippen LogP contribution in [0, 0.1) is 6.92 Å². The first-order valence-electron chi connectivity index (χ1n) is 3.04. The summed E-state index contributed by atoms with van der Waals surface area (Å²) in [5.41, 5.74) is 5.41. The van der Waals surface area contributed by atoms with Gasteiger partial charge in [-0.2, -0.15) is 0 Å². The number of aromatic carboxylic acids is 1. The van der Waals surface area contributed by atoms with E-state index >= 15 is 0 Å². The van der Waals surface area contributed by atoms with E-state index in [4.69, 9.17) is 10.8 Å². The monoisotopic (exact) mass is 172 g/mol. The third-order valence-electron chi connectivity index (χ3n) is 1.22. The van der Waals surface area contributed by atoms with Crippen molar-refractivity contribution in [3.05, 3.63) is 15.6 Å². The van der Waals surface area contributed by atoms with Gasteiger partial charge >= 0.3 is 5.97 Å². The number of thiazole rings is 1. The molecular weight excluding hydrogens is 164 g/mol. The second kappa shape index (κ2) is 2.98. The standard InChI is InChI=1S/C6H8N2O2S/c1-3-5(6(9)10)8-4(2-7)11-3/h2,7H2,1H3,(H,9,10). The molecule has 0 aliphatic carbocycles. The fourth-order valence-electron chi connectivity index (χ4n) is 0.737. The zero-order valence-corrected chi connectivity index (χ0v) is 6.81. The van der Waals surface area contributed by atoms with Crippen molar-refractivity contribution in [2.75, 3.05) is 0 Å². The molecule has 1 aromatic heterocycles. The van der Waals surface area contributed by atoms with Crippen LogP contribution in [0.2, 0.25) is 0 Å². The Morgan fingerprint density at radius 3 is 2.73 bits per heavy atom. The van der Waals surface area contributed by atoms with Gasteiger partial charge in [0.15, 0.2) is 5.69 Å². The number of carboxylic acids is 1. The van der Waals surface area contributed by atoms with Crippen LogP contribution in [-0.4, -0.2) is 16.1 Å². The summed E-state index contributed by atoms with van der Waals surface area (Å²) in [4.78, 5) is 15.0. The Hall–Kier alpha value is -0.940. The maximum Gasteiger partial charge on any atom is 0.355 e. The van der Waals surface area contributed by atoms with E-state index in [0.717, 1.165) is 0 Å². The van der Waals surface area contributed by atoms with Crippen molar-refractivity contribution in [2.24, 2.45) is 5.73 Å². The average molecular weight is 172 g/mol. The highest BCUT2D eigenvalue weighted by molar-refractivity contribution is 7.11. The predicted molar refractivity (Wildman–Crippen MR) is 41.7 cm³/mol. The van der Waals surface area contributed by atoms with Crippen LogP contribution in [0.15, 0.2) is 0 Å². The van der Waals surface area contributed by atoms with Gasteiger partial charge in [0.2, 0.25) is 0 Å². The minimum Gasteiger partial charge on any atom is -0.476 e. The summed E-state index contributed by atoms with van der Waals surface area (Å²) in [5.74, 6) is -0.988. The van der Waals surface area contributed by atoms with Gasteiger partial charge in [-0.05, 0) is 6.92 Å². The van der Waals surface area contributed by atoms with Crippen molar-refractivity contribution in [2.45, 2.75) is 13.5 Å². The van der Waals surface area contributed by atoms with E-state index in [9.17, 15) is 4.79 Å². The normalized spacial score (nSPS) is 10.0. The lowest BCUT2D eigenvalue weighted by atomic mass is 10.4. The molecule has 1 aromatic rings. The lowest BCUT2D eigenvalue weighted by molar-refractivity contribution is 0.0690. The molecule has 4 nitrogen and oxygen atoms in total. The lowest BCUT2D eigenvalue weighted by Crippen LogP contribution is -2.00. The Morgan fingerprint density at radius 2 is 2.45 bits per heavy atom. The third-order valence-corrected chi connectivity index (χ3v) is 2.21. The van der Waals surface area contributed by atoms with Crippen LogP contribution in [-0.2, 0) is 6.54 Å². The second-order valence-electron chi connectivity index (χ2n) is 2.02. The van der Waals surface area contributed by atoms with Crippen molar-refractivity contribution in [1.82, 2.24) is 4.98 Å². The molecule has 0 amide bonds. The van der Waals surface area contributed by atoms with Crippen molar-refractivity contribution >= 4 is 17.3 Å². The number of carbonyl (C=O) groups is 1. The van der Waals surface area contributed by atoms with Crippen LogP contribution in [0.25, 0.3) is 0 Å². The quantitative estimate of drug-likeness (QED) is 0.685. The summed E-state index contributed by atoms with van der Waals surface area (Å²) in [5, 5.41) is 9.24. The number of nitrogens with two attached hydrogens (primary N) is 1. The molecule has 5 heteroatoms. The largest absolute Gasteiger partial charge is 0.476 e. The molecule has 0 bridgehead atoms. The van der Waals surface area contributed by atoms with E-state index in [1.165, 1.54) is 11.3 Å². The summed E-state index contributed by atoms with van der Waals surface area (Å²) >= 11 is 1.33. The number of aromatic nitrogens is 1. The molecular formula is C6H8N2O2S. The van der Waals surface area contributed by atoms with Crippen LogP contribution < -0.4 is 5.73 Å². The first-order chi connectivity index (χ1) is 5.15. The number of nitrogens with zero attached hydrogens (tertiary/aromatic N) is 1. The van der Waals surface area contributed by atoms with E-state index in [2.05, 4.69) is 4.98 Å². The minimum absolute atomic E-state index is 0.121. The molecule has 1 rings (SSSR count). The Balaban J connectivity index is 3.07. The van der Waals surface area contributed by atoms with E-state index in [-0.39, 0.29) is 5.69 Å². The summed E-state index contributed by atoms with van der Waals surface area (Å²) in [7, 11) is 0. The zero-order chi connectivity index (χ0) is 8.43. The molecule has 0 fully saturated rings. The maximum atomic E-state index is 10.5. The van der Waals surface area contributed by atoms with E-state index in [0.29, 0.717) is 16.4 Å². The highest BCUT2D eigenvalue weighted by Gasteiger charge is 2.12. The van der Waals surface area contributed by atoms with Crippen LogP contribution in [0.3, 0.4) is 0 Å². The van der Waals surface area contributed by atoms with Crippen molar-refractivity contribution in [3.8, 4) is 0 Å². The van der Waals surface area contributed by atoms with Gasteiger partial charge in [0.25, 0.3) is 0 Å². The highest BCUT2D eigenvalue weighted by atomic mass is 32.1. The van der Waals surface area contributed by atoms with Crippen LogP contribution in [0.1, 0.15) is 20.4 Å². The Kier molecular flexibility index (Phi) is 2.21. The fraction of sp³-hybridized carbons (Fsp3) is 0.333. The zero-order valence-electron chi connectivity index (χ0n) is 6.00. The smallest absolute Gasteiger partial charge is 0.355 e. The average Bonchev–Trinajstić information content (AvgIpc) is 2.30. The molecule has 0 radical (unpaired) electrons. The molecule has 60 valence electrons. The third kappa shape index (κ3) is 1.55. The van der Waals surface area contributed by atoms with Crippen molar-refractivity contribution < 1.29 is 9.90 Å². The van der Waals surface area contributed by atoms with Crippen LogP contribution in [0.5, 0.6) is 0 Å². The molecule has 0 saturated heterocycles. The topological polar surface area (TPSA) is 76.2 Å². The molecule has 0 unspecified atom stereocenters. The van der Waals surface area contributed by atoms with E-state index in [1.54, 1.807) is 6.92 Å². The molecule has 0 aliphatic rings. The van der Waals surface area contributed by atoms with Crippen LogP contribution >= 0.6 is 11.3 Å². The van der Waals surface area contributed by atoms with Gasteiger partial charge in [-0.25, -0.2) is 9.78 Å². The van der Waals surface area contributed by atoms with Gasteiger partial charge in [0.05, 0.1) is 0 Å². The van der Waals surface area contributed by atoms with Gasteiger partial charge in [-0.1, -0.05) is 0 Å². The van der Waals surface area contributed by atoms with Crippen molar-refractivity contribution in [1.29, 1.82) is 0 Å². The first-order valence-corrected chi connectivity index (χ1v) is 3.86. The van der Waals surface area contributed by atoms with E-state index < -0.39 is 5.97 Å². The number of aryl methyl sites for hydroxylation is 1. The SMILES string of the molecule is Cc1sc(CN)nc1C(=O)O. The number of hydrogen-bond acceptors (Lipinski definition) is 4. The molecule has 0 saturated carbocycles. The summed E-state index contributed by atoms with van der Waals surface area (Å²) < 4.78 is 0. The summed E-state index contributed by atoms with van der Waals surface area (Å²) in [6, 6.07) is 0. The molecule has 0 aromatic carbocycles. The second-order valence-corrected chi connectivity index (χ2v) is 3.31. The van der Waals surface area contributed by atoms with E-state index in [1.807, 2.05) is 0 Å². The Morgan fingerprint density at radius 1 is 1.82 bits per heavy atom. The number of rotatable bonds is 2. The van der Waals surface area contributed by atoms with Gasteiger partial charge in [-0.3, -0.25) is 0 Å². The number of hydrogen-bond donors (Lipinski definition) is 2. The first kappa shape index (κ1) is 8.16. The summed E-state index contributed by atoms with van der Waals surface area (Å²) in [6.45, 7) is 2.03. The molecule has 0 atom stereocenters. The van der Waals surface area contributed by atoms with Gasteiger partial charge < -0.3 is 10.8 Å². The van der Waals surface area contributed by atoms with Gasteiger partial charge in [0.1, 0.15) is 5.01 Å².